The minimum atomic E-state index is -4.93. The standard InChI is InChI=1S/C35H53F3N2O4/c1-10-44-40(35(36,37)38)28(43)31(6)16-15-30(5)17-18-33(8)22(23(30)20-31)19-24(42)27-32(7)13-12-26(39-21(2)41)29(3,4)25(32)11-14-34(27,33)9/h19,23,25-27H,10-18,20H2,1-9H3,(H,39,41)/t23-,25?,26-,27+,30+,31-,32-,33+,34+/m0/s1. The van der Waals surface area contributed by atoms with E-state index in [2.05, 4.69) is 46.9 Å². The highest BCUT2D eigenvalue weighted by atomic mass is 19.4. The molecule has 0 spiro atoms. The number of allylic oxidation sites excluding steroid dienone is 2. The maximum absolute atomic E-state index is 14.6. The van der Waals surface area contributed by atoms with Crippen LogP contribution in [0.2, 0.25) is 0 Å². The topological polar surface area (TPSA) is 75.7 Å². The van der Waals surface area contributed by atoms with Gasteiger partial charge in [-0.05, 0) is 110 Å². The lowest BCUT2D eigenvalue weighted by atomic mass is 9.33. The van der Waals surface area contributed by atoms with E-state index in [1.165, 1.54) is 6.92 Å². The van der Waals surface area contributed by atoms with Crippen molar-refractivity contribution < 1.29 is 32.4 Å². The van der Waals surface area contributed by atoms with Gasteiger partial charge in [0.15, 0.2) is 5.78 Å². The van der Waals surface area contributed by atoms with Crippen molar-refractivity contribution in [3.05, 3.63) is 11.6 Å². The van der Waals surface area contributed by atoms with E-state index < -0.39 is 17.6 Å². The maximum atomic E-state index is 14.6. The molecule has 9 heteroatoms. The highest BCUT2D eigenvalue weighted by Crippen LogP contribution is 2.75. The summed E-state index contributed by atoms with van der Waals surface area (Å²) in [6.45, 7) is 18.0. The van der Waals surface area contributed by atoms with Crippen LogP contribution >= 0.6 is 0 Å². The summed E-state index contributed by atoms with van der Waals surface area (Å²) in [5, 5.41) is 2.83. The molecule has 9 atom stereocenters. The minimum Gasteiger partial charge on any atom is -0.353 e. The SMILES string of the molecule is CCON(C(=O)[C@@]1(C)CC[C@]2(C)CC[C@]3(C)C(=CC(=O)[C@@H]4[C@@]5(C)CC[C@H](NC(C)=O)C(C)(C)C5CC[C@]43C)[C@@H]2C1)C(F)(F)F. The molecule has 248 valence electrons. The molecule has 5 rings (SSSR count). The number of rotatable bonds is 4. The summed E-state index contributed by atoms with van der Waals surface area (Å²) in [6, 6.07) is 0.0589. The molecule has 5 aliphatic carbocycles. The molecule has 0 aromatic carbocycles. The van der Waals surface area contributed by atoms with Gasteiger partial charge in [-0.2, -0.15) is 0 Å². The number of hydrogen-bond acceptors (Lipinski definition) is 4. The van der Waals surface area contributed by atoms with E-state index in [0.717, 1.165) is 44.1 Å². The van der Waals surface area contributed by atoms with Crippen molar-refractivity contribution in [3.8, 4) is 0 Å². The lowest BCUT2D eigenvalue weighted by Gasteiger charge is -2.70. The molecule has 4 fully saturated rings. The Morgan fingerprint density at radius 3 is 2.20 bits per heavy atom. The van der Waals surface area contributed by atoms with Crippen LogP contribution in [-0.4, -0.2) is 41.6 Å². The fourth-order valence-electron chi connectivity index (χ4n) is 11.5. The predicted octanol–water partition coefficient (Wildman–Crippen LogP) is 7.77. The zero-order valence-electron chi connectivity index (χ0n) is 28.2. The van der Waals surface area contributed by atoms with Gasteiger partial charge >= 0.3 is 6.30 Å². The van der Waals surface area contributed by atoms with Crippen LogP contribution in [0, 0.1) is 50.2 Å². The molecule has 6 nitrogen and oxygen atoms in total. The molecule has 5 aliphatic rings. The van der Waals surface area contributed by atoms with Gasteiger partial charge in [-0.1, -0.05) is 54.0 Å². The van der Waals surface area contributed by atoms with Crippen molar-refractivity contribution in [2.24, 2.45) is 50.2 Å². The Kier molecular flexibility index (Phi) is 7.83. The Bertz CT molecular complexity index is 1260. The summed E-state index contributed by atoms with van der Waals surface area (Å²) < 4.78 is 41.8. The Morgan fingerprint density at radius 2 is 1.61 bits per heavy atom. The van der Waals surface area contributed by atoms with Crippen LogP contribution in [0.25, 0.3) is 0 Å². The van der Waals surface area contributed by atoms with E-state index in [1.807, 2.05) is 6.08 Å². The summed E-state index contributed by atoms with van der Waals surface area (Å²) in [5.74, 6) is -1.02. The van der Waals surface area contributed by atoms with Gasteiger partial charge in [0.1, 0.15) is 0 Å². The number of nitrogens with zero attached hydrogens (tertiary/aromatic N) is 1. The molecule has 4 saturated carbocycles. The Labute approximate surface area is 261 Å². The highest BCUT2D eigenvalue weighted by Gasteiger charge is 2.70. The smallest absolute Gasteiger partial charge is 0.353 e. The van der Waals surface area contributed by atoms with Crippen LogP contribution in [-0.2, 0) is 19.2 Å². The van der Waals surface area contributed by atoms with Gasteiger partial charge in [0.25, 0.3) is 5.91 Å². The van der Waals surface area contributed by atoms with Crippen LogP contribution in [0.15, 0.2) is 11.6 Å². The number of hydrogen-bond donors (Lipinski definition) is 1. The molecule has 1 unspecified atom stereocenters. The molecule has 2 amide bonds. The molecule has 0 aliphatic heterocycles. The van der Waals surface area contributed by atoms with Gasteiger partial charge in [-0.3, -0.25) is 19.2 Å². The van der Waals surface area contributed by atoms with Crippen molar-refractivity contribution in [1.29, 1.82) is 0 Å². The number of amides is 2. The van der Waals surface area contributed by atoms with E-state index in [4.69, 9.17) is 4.84 Å². The molecular weight excluding hydrogens is 569 g/mol. The van der Waals surface area contributed by atoms with Gasteiger partial charge in [-0.15, -0.1) is 18.2 Å². The van der Waals surface area contributed by atoms with E-state index >= 15 is 0 Å². The third-order valence-electron chi connectivity index (χ3n) is 14.2. The first-order valence-electron chi connectivity index (χ1n) is 16.7. The Hall–Kier alpha value is -1.90. The predicted molar refractivity (Wildman–Crippen MR) is 162 cm³/mol. The number of carbonyl (C=O) groups excluding carboxylic acids is 3. The van der Waals surface area contributed by atoms with Crippen LogP contribution in [0.1, 0.15) is 120 Å². The second-order valence-electron chi connectivity index (χ2n) is 16.9. The summed E-state index contributed by atoms with van der Waals surface area (Å²) in [5.41, 5.74) is -1.44. The molecule has 0 saturated heterocycles. The maximum Gasteiger partial charge on any atom is 0.511 e. The first-order chi connectivity index (χ1) is 20.1. The number of carbonyl (C=O) groups is 3. The van der Waals surface area contributed by atoms with Crippen molar-refractivity contribution in [1.82, 2.24) is 10.4 Å². The molecule has 44 heavy (non-hydrogen) atoms. The number of fused-ring (bicyclic) bond motifs is 7. The van der Waals surface area contributed by atoms with Crippen molar-refractivity contribution in [2.45, 2.75) is 132 Å². The Balaban J connectivity index is 1.54. The normalized spacial score (nSPS) is 44.7. The fraction of sp³-hybridized carbons (Fsp3) is 0.857. The third-order valence-corrected chi connectivity index (χ3v) is 14.2. The third kappa shape index (κ3) is 4.63. The van der Waals surface area contributed by atoms with E-state index in [9.17, 15) is 27.6 Å². The number of nitrogens with one attached hydrogen (secondary N) is 1. The molecule has 1 N–H and O–H groups in total. The van der Waals surface area contributed by atoms with Crippen LogP contribution in [0.3, 0.4) is 0 Å². The lowest BCUT2D eigenvalue weighted by Crippen LogP contribution is -2.67. The summed E-state index contributed by atoms with van der Waals surface area (Å²) >= 11 is 0. The lowest BCUT2D eigenvalue weighted by molar-refractivity contribution is -0.354. The average molecular weight is 623 g/mol. The number of alkyl halides is 3. The van der Waals surface area contributed by atoms with Gasteiger partial charge in [0.2, 0.25) is 5.91 Å². The summed E-state index contributed by atoms with van der Waals surface area (Å²) in [4.78, 5) is 45.0. The number of ketones is 1. The van der Waals surface area contributed by atoms with Gasteiger partial charge in [0.05, 0.1) is 6.61 Å². The van der Waals surface area contributed by atoms with Crippen LogP contribution in [0.4, 0.5) is 13.2 Å². The van der Waals surface area contributed by atoms with E-state index in [1.54, 1.807) is 13.8 Å². The van der Waals surface area contributed by atoms with Crippen molar-refractivity contribution in [2.75, 3.05) is 6.61 Å². The molecule has 0 heterocycles. The quantitative estimate of drug-likeness (QED) is 0.257. The van der Waals surface area contributed by atoms with Crippen molar-refractivity contribution in [3.63, 3.8) is 0 Å². The minimum absolute atomic E-state index is 0.0241. The largest absolute Gasteiger partial charge is 0.511 e. The number of hydroxylamine groups is 2. The molecule has 0 aromatic rings. The van der Waals surface area contributed by atoms with E-state index in [0.29, 0.717) is 12.8 Å². The zero-order valence-corrected chi connectivity index (χ0v) is 28.2. The van der Waals surface area contributed by atoms with Crippen LogP contribution < -0.4 is 5.32 Å². The summed E-state index contributed by atoms with van der Waals surface area (Å²) in [6.07, 6.45) is 3.53. The van der Waals surface area contributed by atoms with Crippen molar-refractivity contribution >= 4 is 17.6 Å². The van der Waals surface area contributed by atoms with Gasteiger partial charge in [-0.25, -0.2) is 0 Å². The second-order valence-corrected chi connectivity index (χ2v) is 16.9. The van der Waals surface area contributed by atoms with Gasteiger partial charge in [0, 0.05) is 24.3 Å². The molecule has 0 bridgehead atoms. The molecule has 0 radical (unpaired) electrons. The summed E-state index contributed by atoms with van der Waals surface area (Å²) in [7, 11) is 0. The second kappa shape index (κ2) is 10.3. The molecule has 0 aromatic heterocycles. The first kappa shape index (κ1) is 33.5. The first-order valence-corrected chi connectivity index (χ1v) is 16.7. The molecular formula is C35H53F3N2O4. The highest BCUT2D eigenvalue weighted by molar-refractivity contribution is 5.95. The fourth-order valence-corrected chi connectivity index (χ4v) is 11.5. The van der Waals surface area contributed by atoms with Gasteiger partial charge < -0.3 is 5.32 Å². The monoisotopic (exact) mass is 622 g/mol. The van der Waals surface area contributed by atoms with Crippen LogP contribution in [0.5, 0.6) is 0 Å². The van der Waals surface area contributed by atoms with E-state index in [-0.39, 0.29) is 80.7 Å². The average Bonchev–Trinajstić information content (AvgIpc) is 2.90. The Morgan fingerprint density at radius 1 is 0.977 bits per heavy atom. The number of halogens is 3. The zero-order chi connectivity index (χ0) is 32.9.